The molecule has 2 rings (SSSR count). The van der Waals surface area contributed by atoms with Crippen LogP contribution in [0.2, 0.25) is 0 Å². The van der Waals surface area contributed by atoms with E-state index >= 15 is 0 Å². The zero-order valence-electron chi connectivity index (χ0n) is 12.3. The second-order valence-corrected chi connectivity index (χ2v) is 6.50. The maximum Gasteiger partial charge on any atom is 0.238 e. The average Bonchev–Trinajstić information content (AvgIpc) is 2.54. The Morgan fingerprint density at radius 2 is 1.65 bits per heavy atom. The van der Waals surface area contributed by atoms with Crippen molar-refractivity contribution in [3.05, 3.63) is 59.2 Å². The summed E-state index contributed by atoms with van der Waals surface area (Å²) in [5, 5.41) is 26.6. The number of anilines is 1. The van der Waals surface area contributed by atoms with Gasteiger partial charge in [0.1, 0.15) is 12.1 Å². The fraction of sp³-hybridized carbons (Fsp3) is 0.125. The van der Waals surface area contributed by atoms with Gasteiger partial charge in [-0.2, -0.15) is 10.5 Å². The molecule has 23 heavy (non-hydrogen) atoms. The van der Waals surface area contributed by atoms with Crippen LogP contribution in [0.5, 0.6) is 0 Å². The van der Waals surface area contributed by atoms with Gasteiger partial charge in [0.05, 0.1) is 21.7 Å². The highest BCUT2D eigenvalue weighted by molar-refractivity contribution is 7.89. The fourth-order valence-corrected chi connectivity index (χ4v) is 2.72. The van der Waals surface area contributed by atoms with Crippen molar-refractivity contribution in [1.29, 1.82) is 10.5 Å². The molecule has 2 aromatic rings. The van der Waals surface area contributed by atoms with Crippen LogP contribution in [0.1, 0.15) is 29.7 Å². The molecule has 0 amide bonds. The summed E-state index contributed by atoms with van der Waals surface area (Å²) in [5.41, 5.74) is 1.79. The van der Waals surface area contributed by atoms with Gasteiger partial charge in [0, 0.05) is 6.04 Å². The summed E-state index contributed by atoms with van der Waals surface area (Å²) in [7, 11) is -3.79. The highest BCUT2D eigenvalue weighted by Gasteiger charge is 2.14. The number of rotatable bonds is 4. The second-order valence-electron chi connectivity index (χ2n) is 4.94. The van der Waals surface area contributed by atoms with E-state index in [9.17, 15) is 18.9 Å². The van der Waals surface area contributed by atoms with E-state index in [-0.39, 0.29) is 10.9 Å². The average molecular weight is 326 g/mol. The lowest BCUT2D eigenvalue weighted by atomic mass is 10.0. The van der Waals surface area contributed by atoms with Crippen molar-refractivity contribution < 1.29 is 8.42 Å². The zero-order chi connectivity index (χ0) is 17.0. The second kappa shape index (κ2) is 6.49. The molecular weight excluding hydrogens is 312 g/mol. The molecule has 0 saturated carbocycles. The summed E-state index contributed by atoms with van der Waals surface area (Å²) in [6, 6.07) is 14.8. The van der Waals surface area contributed by atoms with E-state index in [1.807, 2.05) is 12.1 Å². The number of sulfonamides is 1. The Balaban J connectivity index is 2.40. The molecule has 0 bridgehead atoms. The van der Waals surface area contributed by atoms with Crippen LogP contribution in [0.4, 0.5) is 5.69 Å². The Morgan fingerprint density at radius 1 is 1.09 bits per heavy atom. The third-order valence-corrected chi connectivity index (χ3v) is 4.26. The topological polar surface area (TPSA) is 120 Å². The molecule has 0 heterocycles. The number of nitrogens with two attached hydrogens (primary N) is 1. The Kier molecular flexibility index (Phi) is 4.65. The lowest BCUT2D eigenvalue weighted by Crippen LogP contribution is -2.14. The van der Waals surface area contributed by atoms with Crippen LogP contribution in [0.25, 0.3) is 0 Å². The first-order valence-electron chi connectivity index (χ1n) is 6.69. The minimum absolute atomic E-state index is 0.0118. The van der Waals surface area contributed by atoms with Gasteiger partial charge in [-0.3, -0.25) is 0 Å². The molecule has 0 aliphatic rings. The van der Waals surface area contributed by atoms with Crippen molar-refractivity contribution >= 4 is 15.7 Å². The number of primary sulfonamides is 1. The Morgan fingerprint density at radius 3 is 2.17 bits per heavy atom. The summed E-state index contributed by atoms with van der Waals surface area (Å²) >= 11 is 0. The first-order valence-corrected chi connectivity index (χ1v) is 8.24. The van der Waals surface area contributed by atoms with Gasteiger partial charge in [0.15, 0.2) is 0 Å². The summed E-state index contributed by atoms with van der Waals surface area (Å²) in [6.45, 7) is 1.80. The van der Waals surface area contributed by atoms with E-state index in [4.69, 9.17) is 5.14 Å². The number of hydrogen-bond donors (Lipinski definition) is 2. The maximum atomic E-state index is 11.4. The molecule has 0 spiro atoms. The molecule has 0 radical (unpaired) electrons. The van der Waals surface area contributed by atoms with E-state index in [0.717, 1.165) is 0 Å². The molecule has 1 atom stereocenters. The van der Waals surface area contributed by atoms with Gasteiger partial charge in [-0.05, 0) is 36.8 Å². The smallest absolute Gasteiger partial charge is 0.238 e. The van der Waals surface area contributed by atoms with Crippen molar-refractivity contribution in [3.8, 4) is 12.1 Å². The van der Waals surface area contributed by atoms with Crippen LogP contribution in [-0.2, 0) is 10.0 Å². The van der Waals surface area contributed by atoms with E-state index < -0.39 is 10.0 Å². The standard InChI is InChI=1S/C16H14N4O2S/c1-11(12-4-3-7-15(8-12)23(19,21)22)20-16-13(9-17)5-2-6-14(16)10-18/h2-8,11,20H,1H3,(H2,19,21,22). The molecule has 6 nitrogen and oxygen atoms in total. The van der Waals surface area contributed by atoms with Gasteiger partial charge in [-0.15, -0.1) is 0 Å². The van der Waals surface area contributed by atoms with Gasteiger partial charge in [0.2, 0.25) is 10.0 Å². The van der Waals surface area contributed by atoms with Crippen LogP contribution >= 0.6 is 0 Å². The number of nitrogens with zero attached hydrogens (tertiary/aromatic N) is 2. The zero-order valence-corrected chi connectivity index (χ0v) is 13.1. The summed E-state index contributed by atoms with van der Waals surface area (Å²) in [5.74, 6) is 0. The van der Waals surface area contributed by atoms with Crippen LogP contribution < -0.4 is 10.5 Å². The minimum Gasteiger partial charge on any atom is -0.376 e. The molecule has 116 valence electrons. The molecule has 0 saturated heterocycles. The predicted octanol–water partition coefficient (Wildman–Crippen LogP) is 2.25. The van der Waals surface area contributed by atoms with Crippen molar-refractivity contribution in [2.75, 3.05) is 5.32 Å². The maximum absolute atomic E-state index is 11.4. The monoisotopic (exact) mass is 326 g/mol. The SMILES string of the molecule is CC(Nc1c(C#N)cccc1C#N)c1cccc(S(N)(=O)=O)c1. The summed E-state index contributed by atoms with van der Waals surface area (Å²) < 4.78 is 22.9. The van der Waals surface area contributed by atoms with Crippen molar-refractivity contribution in [2.24, 2.45) is 5.14 Å². The van der Waals surface area contributed by atoms with E-state index in [0.29, 0.717) is 22.4 Å². The Bertz CT molecular complexity index is 892. The van der Waals surface area contributed by atoms with E-state index in [1.165, 1.54) is 12.1 Å². The Labute approximate surface area is 134 Å². The number of nitriles is 2. The number of nitrogens with one attached hydrogen (secondary N) is 1. The molecule has 0 aliphatic carbocycles. The van der Waals surface area contributed by atoms with Crippen molar-refractivity contribution in [3.63, 3.8) is 0 Å². The van der Waals surface area contributed by atoms with Gasteiger partial charge in [-0.1, -0.05) is 18.2 Å². The number of benzene rings is 2. The molecule has 7 heteroatoms. The van der Waals surface area contributed by atoms with Crippen LogP contribution in [0.3, 0.4) is 0 Å². The van der Waals surface area contributed by atoms with Crippen LogP contribution in [-0.4, -0.2) is 8.42 Å². The highest BCUT2D eigenvalue weighted by atomic mass is 32.2. The normalized spacial score (nSPS) is 12.0. The third-order valence-electron chi connectivity index (χ3n) is 3.35. The highest BCUT2D eigenvalue weighted by Crippen LogP contribution is 2.26. The molecule has 3 N–H and O–H groups in total. The van der Waals surface area contributed by atoms with Crippen LogP contribution in [0.15, 0.2) is 47.4 Å². The van der Waals surface area contributed by atoms with E-state index in [1.54, 1.807) is 37.3 Å². The third kappa shape index (κ3) is 3.67. The lowest BCUT2D eigenvalue weighted by molar-refractivity contribution is 0.597. The van der Waals surface area contributed by atoms with Gasteiger partial charge >= 0.3 is 0 Å². The molecule has 1 unspecified atom stereocenters. The fourth-order valence-electron chi connectivity index (χ4n) is 2.15. The first-order chi connectivity index (χ1) is 10.9. The van der Waals surface area contributed by atoms with Crippen molar-refractivity contribution in [1.82, 2.24) is 0 Å². The molecule has 0 aromatic heterocycles. The van der Waals surface area contributed by atoms with Crippen LogP contribution in [0, 0.1) is 22.7 Å². The Hall–Kier alpha value is -2.87. The van der Waals surface area contributed by atoms with Gasteiger partial charge < -0.3 is 5.32 Å². The summed E-state index contributed by atoms with van der Waals surface area (Å²) in [4.78, 5) is 0.0118. The van der Waals surface area contributed by atoms with Gasteiger partial charge in [-0.25, -0.2) is 13.6 Å². The minimum atomic E-state index is -3.79. The van der Waals surface area contributed by atoms with E-state index in [2.05, 4.69) is 5.32 Å². The predicted molar refractivity (Wildman–Crippen MR) is 85.7 cm³/mol. The van der Waals surface area contributed by atoms with Gasteiger partial charge in [0.25, 0.3) is 0 Å². The molecule has 2 aromatic carbocycles. The molecule has 0 fully saturated rings. The van der Waals surface area contributed by atoms with Crippen molar-refractivity contribution in [2.45, 2.75) is 17.9 Å². The molecular formula is C16H14N4O2S. The number of hydrogen-bond acceptors (Lipinski definition) is 5. The largest absolute Gasteiger partial charge is 0.376 e. The number of para-hydroxylation sites is 1. The summed E-state index contributed by atoms with van der Waals surface area (Å²) in [6.07, 6.45) is 0. The first kappa shape index (κ1) is 16.5. The lowest BCUT2D eigenvalue weighted by Gasteiger charge is -2.18. The molecule has 0 aliphatic heterocycles. The quantitative estimate of drug-likeness (QED) is 0.893.